The summed E-state index contributed by atoms with van der Waals surface area (Å²) in [6.07, 6.45) is 3.37. The standard InChI is InChI=1S/C13H17NO/c1-10-9-12(3-4-13(10)15)11-5-7-14(2)8-6-11/h3-5,9,15H,6-8H2,1-2H3. The summed E-state index contributed by atoms with van der Waals surface area (Å²) in [5, 5.41) is 9.46. The molecule has 1 aliphatic rings. The first-order chi connectivity index (χ1) is 7.16. The fraction of sp³-hybridized carbons (Fsp3) is 0.385. The number of likely N-dealkylation sites (N-methyl/N-ethyl adjacent to an activating group) is 1. The first-order valence-electron chi connectivity index (χ1n) is 5.34. The molecule has 1 aliphatic heterocycles. The average molecular weight is 203 g/mol. The number of hydrogen-bond donors (Lipinski definition) is 1. The molecule has 1 aromatic rings. The molecule has 15 heavy (non-hydrogen) atoms. The number of hydrogen-bond acceptors (Lipinski definition) is 2. The third-order valence-electron chi connectivity index (χ3n) is 2.98. The predicted octanol–water partition coefficient (Wildman–Crippen LogP) is 2.42. The Morgan fingerprint density at radius 2 is 2.13 bits per heavy atom. The van der Waals surface area contributed by atoms with Crippen LogP contribution < -0.4 is 0 Å². The minimum Gasteiger partial charge on any atom is -0.508 e. The van der Waals surface area contributed by atoms with Crippen molar-refractivity contribution in [1.82, 2.24) is 4.90 Å². The van der Waals surface area contributed by atoms with Gasteiger partial charge in [0.1, 0.15) is 5.75 Å². The van der Waals surface area contributed by atoms with Crippen LogP contribution in [0.1, 0.15) is 17.5 Å². The van der Waals surface area contributed by atoms with Crippen LogP contribution in [0.5, 0.6) is 5.75 Å². The molecule has 0 fully saturated rings. The van der Waals surface area contributed by atoms with E-state index in [0.717, 1.165) is 25.1 Å². The fourth-order valence-electron chi connectivity index (χ4n) is 1.89. The van der Waals surface area contributed by atoms with Crippen LogP contribution in [-0.2, 0) is 0 Å². The molecule has 0 saturated heterocycles. The van der Waals surface area contributed by atoms with Gasteiger partial charge in [-0.2, -0.15) is 0 Å². The third kappa shape index (κ3) is 2.21. The van der Waals surface area contributed by atoms with Crippen molar-refractivity contribution in [3.8, 4) is 5.75 Å². The first-order valence-corrected chi connectivity index (χ1v) is 5.34. The van der Waals surface area contributed by atoms with Crippen molar-refractivity contribution in [3.63, 3.8) is 0 Å². The van der Waals surface area contributed by atoms with E-state index in [4.69, 9.17) is 0 Å². The second-order valence-electron chi connectivity index (χ2n) is 4.24. The zero-order valence-electron chi connectivity index (χ0n) is 9.33. The van der Waals surface area contributed by atoms with Crippen LogP contribution in [-0.4, -0.2) is 30.1 Å². The predicted molar refractivity (Wildman–Crippen MR) is 62.9 cm³/mol. The Morgan fingerprint density at radius 3 is 2.73 bits per heavy atom. The Morgan fingerprint density at radius 1 is 1.33 bits per heavy atom. The van der Waals surface area contributed by atoms with Gasteiger partial charge in [0.05, 0.1) is 0 Å². The van der Waals surface area contributed by atoms with Crippen molar-refractivity contribution < 1.29 is 5.11 Å². The van der Waals surface area contributed by atoms with Crippen molar-refractivity contribution in [1.29, 1.82) is 0 Å². The van der Waals surface area contributed by atoms with E-state index in [-0.39, 0.29) is 0 Å². The van der Waals surface area contributed by atoms with Gasteiger partial charge in [0.2, 0.25) is 0 Å². The number of phenolic OH excluding ortho intramolecular Hbond substituents is 1. The maximum atomic E-state index is 9.46. The van der Waals surface area contributed by atoms with E-state index in [9.17, 15) is 5.11 Å². The molecule has 0 amide bonds. The highest BCUT2D eigenvalue weighted by molar-refractivity contribution is 5.67. The van der Waals surface area contributed by atoms with E-state index in [1.807, 2.05) is 13.0 Å². The molecule has 80 valence electrons. The summed E-state index contributed by atoms with van der Waals surface area (Å²) < 4.78 is 0. The van der Waals surface area contributed by atoms with Gasteiger partial charge in [-0.25, -0.2) is 0 Å². The molecular weight excluding hydrogens is 186 g/mol. The molecule has 2 heteroatoms. The molecule has 0 aromatic heterocycles. The maximum absolute atomic E-state index is 9.46. The Hall–Kier alpha value is -1.28. The molecule has 2 rings (SSSR count). The van der Waals surface area contributed by atoms with E-state index in [1.165, 1.54) is 11.1 Å². The van der Waals surface area contributed by atoms with Gasteiger partial charge in [0.25, 0.3) is 0 Å². The number of aromatic hydroxyl groups is 1. The van der Waals surface area contributed by atoms with Crippen LogP contribution in [0.15, 0.2) is 24.3 Å². The number of benzene rings is 1. The Labute approximate surface area is 90.8 Å². The van der Waals surface area contributed by atoms with Gasteiger partial charge in [-0.3, -0.25) is 0 Å². The van der Waals surface area contributed by atoms with Gasteiger partial charge in [0.15, 0.2) is 0 Å². The minimum absolute atomic E-state index is 0.382. The molecule has 0 atom stereocenters. The summed E-state index contributed by atoms with van der Waals surface area (Å²) in [6, 6.07) is 5.84. The highest BCUT2D eigenvalue weighted by Gasteiger charge is 2.10. The number of nitrogens with zero attached hydrogens (tertiary/aromatic N) is 1. The van der Waals surface area contributed by atoms with E-state index >= 15 is 0 Å². The fourth-order valence-corrected chi connectivity index (χ4v) is 1.89. The molecule has 0 radical (unpaired) electrons. The lowest BCUT2D eigenvalue weighted by Gasteiger charge is -2.22. The van der Waals surface area contributed by atoms with Crippen LogP contribution in [0.4, 0.5) is 0 Å². The second-order valence-corrected chi connectivity index (χ2v) is 4.24. The number of aryl methyl sites for hydroxylation is 1. The Bertz CT molecular complexity index is 396. The normalized spacial score (nSPS) is 17.6. The summed E-state index contributed by atoms with van der Waals surface area (Å²) in [4.78, 5) is 2.30. The molecule has 1 N–H and O–H groups in total. The van der Waals surface area contributed by atoms with Crippen molar-refractivity contribution in [2.24, 2.45) is 0 Å². The maximum Gasteiger partial charge on any atom is 0.118 e. The van der Waals surface area contributed by atoms with Gasteiger partial charge in [-0.1, -0.05) is 12.1 Å². The molecule has 0 bridgehead atoms. The lowest BCUT2D eigenvalue weighted by atomic mass is 9.98. The summed E-state index contributed by atoms with van der Waals surface area (Å²) in [6.45, 7) is 4.08. The molecule has 0 unspecified atom stereocenters. The molecular formula is C13H17NO. The molecule has 2 nitrogen and oxygen atoms in total. The number of phenols is 1. The van der Waals surface area contributed by atoms with Crippen LogP contribution in [0.2, 0.25) is 0 Å². The van der Waals surface area contributed by atoms with Crippen molar-refractivity contribution >= 4 is 5.57 Å². The summed E-state index contributed by atoms with van der Waals surface area (Å²) >= 11 is 0. The lowest BCUT2D eigenvalue weighted by Crippen LogP contribution is -2.23. The largest absolute Gasteiger partial charge is 0.508 e. The van der Waals surface area contributed by atoms with Crippen molar-refractivity contribution in [2.75, 3.05) is 20.1 Å². The Balaban J connectivity index is 2.26. The lowest BCUT2D eigenvalue weighted by molar-refractivity contribution is 0.370. The molecule has 0 saturated carbocycles. The minimum atomic E-state index is 0.382. The second kappa shape index (κ2) is 4.07. The van der Waals surface area contributed by atoms with Gasteiger partial charge in [-0.15, -0.1) is 0 Å². The highest BCUT2D eigenvalue weighted by atomic mass is 16.3. The molecule has 1 heterocycles. The summed E-state index contributed by atoms with van der Waals surface area (Å²) in [5.41, 5.74) is 3.60. The molecule has 0 aliphatic carbocycles. The van der Waals surface area contributed by atoms with Crippen molar-refractivity contribution in [3.05, 3.63) is 35.4 Å². The monoisotopic (exact) mass is 203 g/mol. The molecule has 1 aromatic carbocycles. The third-order valence-corrected chi connectivity index (χ3v) is 2.98. The average Bonchev–Trinajstić information content (AvgIpc) is 2.23. The van der Waals surface area contributed by atoms with Gasteiger partial charge < -0.3 is 10.0 Å². The van der Waals surface area contributed by atoms with Gasteiger partial charge in [0, 0.05) is 13.1 Å². The van der Waals surface area contributed by atoms with E-state index in [0.29, 0.717) is 5.75 Å². The van der Waals surface area contributed by atoms with Gasteiger partial charge in [-0.05, 0) is 49.2 Å². The summed E-state index contributed by atoms with van der Waals surface area (Å²) in [5.74, 6) is 0.382. The SMILES string of the molecule is Cc1cc(C2=CCN(C)CC2)ccc1O. The topological polar surface area (TPSA) is 23.5 Å². The van der Waals surface area contributed by atoms with Crippen LogP contribution in [0.3, 0.4) is 0 Å². The van der Waals surface area contributed by atoms with Crippen LogP contribution >= 0.6 is 0 Å². The smallest absolute Gasteiger partial charge is 0.118 e. The Kier molecular flexibility index (Phi) is 2.78. The van der Waals surface area contributed by atoms with E-state index < -0.39 is 0 Å². The highest BCUT2D eigenvalue weighted by Crippen LogP contribution is 2.25. The van der Waals surface area contributed by atoms with Gasteiger partial charge >= 0.3 is 0 Å². The summed E-state index contributed by atoms with van der Waals surface area (Å²) in [7, 11) is 2.13. The zero-order valence-corrected chi connectivity index (χ0v) is 9.33. The van der Waals surface area contributed by atoms with E-state index in [1.54, 1.807) is 6.07 Å². The molecule has 0 spiro atoms. The number of rotatable bonds is 1. The zero-order chi connectivity index (χ0) is 10.8. The quantitative estimate of drug-likeness (QED) is 0.757. The van der Waals surface area contributed by atoms with E-state index in [2.05, 4.69) is 24.1 Å². The van der Waals surface area contributed by atoms with Crippen LogP contribution in [0, 0.1) is 6.92 Å². The first kappa shape index (κ1) is 10.2. The van der Waals surface area contributed by atoms with Crippen molar-refractivity contribution in [2.45, 2.75) is 13.3 Å². The van der Waals surface area contributed by atoms with Crippen LogP contribution in [0.25, 0.3) is 5.57 Å².